The zero-order valence-corrected chi connectivity index (χ0v) is 14.7. The molecule has 0 bridgehead atoms. The largest absolute Gasteiger partial charge is 0.338 e. The van der Waals surface area contributed by atoms with Gasteiger partial charge in [0.1, 0.15) is 6.54 Å². The zero-order valence-electron chi connectivity index (χ0n) is 14.7. The number of rotatable bonds is 8. The first-order valence-corrected chi connectivity index (χ1v) is 8.50. The van der Waals surface area contributed by atoms with Crippen molar-refractivity contribution in [2.75, 3.05) is 36.4 Å². The van der Waals surface area contributed by atoms with Gasteiger partial charge in [-0.2, -0.15) is 0 Å². The second-order valence-electron chi connectivity index (χ2n) is 5.86. The summed E-state index contributed by atoms with van der Waals surface area (Å²) in [7, 11) is 0. The smallest absolute Gasteiger partial charge is 0.322 e. The number of fused-ring (bicyclic) bond motifs is 1. The Morgan fingerprint density at radius 3 is 2.62 bits per heavy atom. The second kappa shape index (κ2) is 9.41. The minimum Gasteiger partial charge on any atom is -0.338 e. The minimum absolute atomic E-state index is 0.0123. The van der Waals surface area contributed by atoms with Crippen molar-refractivity contribution in [3.8, 4) is 0 Å². The molecule has 0 unspecified atom stereocenters. The van der Waals surface area contributed by atoms with Crippen LogP contribution in [0.1, 0.15) is 12.8 Å². The predicted octanol–water partition coefficient (Wildman–Crippen LogP) is 2.14. The molecule has 0 aromatic heterocycles. The third-order valence-corrected chi connectivity index (χ3v) is 3.91. The van der Waals surface area contributed by atoms with Gasteiger partial charge >= 0.3 is 6.03 Å². The van der Waals surface area contributed by atoms with Crippen LogP contribution in [0.15, 0.2) is 49.6 Å². The maximum atomic E-state index is 12.4. The summed E-state index contributed by atoms with van der Waals surface area (Å²) >= 11 is 0. The predicted molar refractivity (Wildman–Crippen MR) is 102 cm³/mol. The quantitative estimate of drug-likeness (QED) is 0.553. The van der Waals surface area contributed by atoms with Gasteiger partial charge in [-0.1, -0.05) is 24.3 Å². The molecule has 1 heterocycles. The van der Waals surface area contributed by atoms with E-state index in [0.717, 1.165) is 0 Å². The molecule has 2 rings (SSSR count). The topological polar surface area (TPSA) is 81.8 Å². The van der Waals surface area contributed by atoms with E-state index in [-0.39, 0.29) is 24.4 Å². The molecule has 1 aromatic rings. The molecule has 138 valence electrons. The maximum absolute atomic E-state index is 12.4. The monoisotopic (exact) mass is 356 g/mol. The number of hydrogen-bond donors (Lipinski definition) is 2. The molecule has 0 spiro atoms. The molecule has 0 saturated heterocycles. The van der Waals surface area contributed by atoms with Crippen molar-refractivity contribution in [2.24, 2.45) is 0 Å². The minimum atomic E-state index is -0.353. The number of hydrogen-bond acceptors (Lipinski definition) is 3. The van der Waals surface area contributed by atoms with Crippen LogP contribution >= 0.6 is 0 Å². The SMILES string of the molecule is C=CCN(CC=C)C(=O)CCCNC(=O)N1CC(=O)Nc2ccccc21. The van der Waals surface area contributed by atoms with Crippen molar-refractivity contribution in [3.63, 3.8) is 0 Å². The maximum Gasteiger partial charge on any atom is 0.322 e. The van der Waals surface area contributed by atoms with Gasteiger partial charge in [-0.05, 0) is 18.6 Å². The van der Waals surface area contributed by atoms with Gasteiger partial charge in [0.2, 0.25) is 11.8 Å². The molecule has 0 aliphatic carbocycles. The van der Waals surface area contributed by atoms with Gasteiger partial charge in [-0.15, -0.1) is 13.2 Å². The first-order valence-electron chi connectivity index (χ1n) is 8.50. The third-order valence-electron chi connectivity index (χ3n) is 3.91. The highest BCUT2D eigenvalue weighted by molar-refractivity contribution is 6.09. The van der Waals surface area contributed by atoms with E-state index < -0.39 is 0 Å². The Morgan fingerprint density at radius 1 is 1.23 bits per heavy atom. The van der Waals surface area contributed by atoms with E-state index in [0.29, 0.717) is 43.9 Å². The molecule has 26 heavy (non-hydrogen) atoms. The van der Waals surface area contributed by atoms with E-state index in [1.165, 1.54) is 4.90 Å². The molecule has 4 amide bonds. The first kappa shape index (κ1) is 19.2. The normalized spacial score (nSPS) is 12.6. The van der Waals surface area contributed by atoms with Gasteiger partial charge in [-0.25, -0.2) is 4.79 Å². The van der Waals surface area contributed by atoms with Crippen molar-refractivity contribution in [1.29, 1.82) is 0 Å². The van der Waals surface area contributed by atoms with E-state index in [4.69, 9.17) is 0 Å². The summed E-state index contributed by atoms with van der Waals surface area (Å²) in [5.41, 5.74) is 1.27. The second-order valence-corrected chi connectivity index (χ2v) is 5.86. The fourth-order valence-electron chi connectivity index (χ4n) is 2.69. The van der Waals surface area contributed by atoms with Crippen molar-refractivity contribution in [2.45, 2.75) is 12.8 Å². The lowest BCUT2D eigenvalue weighted by atomic mass is 10.2. The Labute approximate surface area is 153 Å². The number of amides is 4. The van der Waals surface area contributed by atoms with Crippen LogP contribution in [-0.4, -0.2) is 48.9 Å². The van der Waals surface area contributed by atoms with Crippen LogP contribution in [0.25, 0.3) is 0 Å². The van der Waals surface area contributed by atoms with E-state index in [9.17, 15) is 14.4 Å². The average Bonchev–Trinajstić information content (AvgIpc) is 2.64. The van der Waals surface area contributed by atoms with Crippen LogP contribution in [0.5, 0.6) is 0 Å². The van der Waals surface area contributed by atoms with E-state index in [1.54, 1.807) is 35.3 Å². The summed E-state index contributed by atoms with van der Waals surface area (Å²) in [6, 6.07) is 6.78. The number of carbonyl (C=O) groups excluding carboxylic acids is 3. The molecule has 7 heteroatoms. The van der Waals surface area contributed by atoms with Crippen LogP contribution in [0.2, 0.25) is 0 Å². The van der Waals surface area contributed by atoms with Crippen LogP contribution in [0.4, 0.5) is 16.2 Å². The molecule has 1 aliphatic rings. The molecule has 0 radical (unpaired) electrons. The molecule has 1 aliphatic heterocycles. The van der Waals surface area contributed by atoms with Gasteiger partial charge in [0.15, 0.2) is 0 Å². The van der Waals surface area contributed by atoms with Gasteiger partial charge in [0, 0.05) is 26.1 Å². The summed E-state index contributed by atoms with van der Waals surface area (Å²) in [5, 5.41) is 5.50. The summed E-state index contributed by atoms with van der Waals surface area (Å²) in [4.78, 5) is 39.3. The molecule has 2 N–H and O–H groups in total. The van der Waals surface area contributed by atoms with Crippen molar-refractivity contribution < 1.29 is 14.4 Å². The van der Waals surface area contributed by atoms with E-state index >= 15 is 0 Å². The molecular weight excluding hydrogens is 332 g/mol. The van der Waals surface area contributed by atoms with Crippen molar-refractivity contribution in [3.05, 3.63) is 49.6 Å². The Morgan fingerprint density at radius 2 is 1.92 bits per heavy atom. The molecule has 0 saturated carbocycles. The highest BCUT2D eigenvalue weighted by Gasteiger charge is 2.26. The third kappa shape index (κ3) is 4.95. The Bertz CT molecular complexity index is 692. The summed E-state index contributed by atoms with van der Waals surface area (Å²) in [6.45, 7) is 8.53. The van der Waals surface area contributed by atoms with Crippen LogP contribution < -0.4 is 15.5 Å². The molecular formula is C19H24N4O3. The van der Waals surface area contributed by atoms with E-state index in [2.05, 4.69) is 23.8 Å². The van der Waals surface area contributed by atoms with Gasteiger partial charge in [-0.3, -0.25) is 14.5 Å². The van der Waals surface area contributed by atoms with Crippen molar-refractivity contribution >= 4 is 29.2 Å². The van der Waals surface area contributed by atoms with E-state index in [1.807, 2.05) is 6.07 Å². The lowest BCUT2D eigenvalue weighted by Gasteiger charge is -2.29. The number of anilines is 2. The molecule has 0 fully saturated rings. The first-order chi connectivity index (χ1) is 12.6. The van der Waals surface area contributed by atoms with Crippen LogP contribution in [-0.2, 0) is 9.59 Å². The fourth-order valence-corrected chi connectivity index (χ4v) is 2.69. The summed E-state index contributed by atoms with van der Waals surface area (Å²) in [6.07, 6.45) is 4.17. The molecule has 0 atom stereocenters. The standard InChI is InChI=1S/C19H24N4O3/c1-3-12-22(13-4-2)18(25)10-7-11-20-19(26)23-14-17(24)21-15-8-5-6-9-16(15)23/h3-6,8-9H,1-2,7,10-14H2,(H,20,26)(H,21,24). The highest BCUT2D eigenvalue weighted by Crippen LogP contribution is 2.28. The van der Waals surface area contributed by atoms with Crippen LogP contribution in [0, 0.1) is 0 Å². The summed E-state index contributed by atoms with van der Waals surface area (Å²) in [5.74, 6) is -0.250. The Balaban J connectivity index is 1.84. The number of urea groups is 1. The molecule has 7 nitrogen and oxygen atoms in total. The number of benzene rings is 1. The number of para-hydroxylation sites is 2. The summed E-state index contributed by atoms with van der Waals surface area (Å²) < 4.78 is 0. The lowest BCUT2D eigenvalue weighted by molar-refractivity contribution is -0.130. The zero-order chi connectivity index (χ0) is 18.9. The number of carbonyl (C=O) groups is 3. The Kier molecular flexibility index (Phi) is 6.96. The number of nitrogens with zero attached hydrogens (tertiary/aromatic N) is 2. The molecule has 1 aromatic carbocycles. The van der Waals surface area contributed by atoms with Gasteiger partial charge in [0.25, 0.3) is 0 Å². The van der Waals surface area contributed by atoms with Crippen molar-refractivity contribution in [1.82, 2.24) is 10.2 Å². The average molecular weight is 356 g/mol. The van der Waals surface area contributed by atoms with Gasteiger partial charge in [0.05, 0.1) is 11.4 Å². The lowest BCUT2D eigenvalue weighted by Crippen LogP contribution is -2.47. The Hall–Kier alpha value is -3.09. The van der Waals surface area contributed by atoms with Crippen LogP contribution in [0.3, 0.4) is 0 Å². The highest BCUT2D eigenvalue weighted by atomic mass is 16.2. The number of nitrogens with one attached hydrogen (secondary N) is 2. The fraction of sp³-hybridized carbons (Fsp3) is 0.316. The van der Waals surface area contributed by atoms with Gasteiger partial charge < -0.3 is 15.5 Å².